The van der Waals surface area contributed by atoms with Gasteiger partial charge in [-0.3, -0.25) is 4.79 Å². The van der Waals surface area contributed by atoms with Crippen LogP contribution in [-0.4, -0.2) is 15.9 Å². The lowest BCUT2D eigenvalue weighted by atomic mass is 10.2. The smallest absolute Gasteiger partial charge is 0.258 e. The first-order chi connectivity index (χ1) is 12.8. The van der Waals surface area contributed by atoms with Crippen LogP contribution in [0.4, 0.5) is 39.3 Å². The summed E-state index contributed by atoms with van der Waals surface area (Å²) in [5, 5.41) is 4.55. The summed E-state index contributed by atoms with van der Waals surface area (Å²) in [4.78, 5) is 19.6. The number of halogens is 5. The molecule has 2 aromatic carbocycles. The Bertz CT molecular complexity index is 1010. The van der Waals surface area contributed by atoms with E-state index in [-0.39, 0.29) is 17.2 Å². The van der Waals surface area contributed by atoms with Crippen LogP contribution in [0.1, 0.15) is 10.4 Å². The molecule has 0 atom stereocenters. The molecule has 1 aromatic heterocycles. The van der Waals surface area contributed by atoms with Gasteiger partial charge in [0, 0.05) is 18.5 Å². The number of benzene rings is 2. The highest BCUT2D eigenvalue weighted by molar-refractivity contribution is 6.04. The molecule has 0 saturated carbocycles. The Morgan fingerprint density at radius 3 is 2.15 bits per heavy atom. The number of anilines is 3. The van der Waals surface area contributed by atoms with Gasteiger partial charge < -0.3 is 10.6 Å². The largest absolute Gasteiger partial charge is 0.322 e. The first-order valence-electron chi connectivity index (χ1n) is 7.34. The van der Waals surface area contributed by atoms with E-state index >= 15 is 0 Å². The van der Waals surface area contributed by atoms with Crippen molar-refractivity contribution in [3.05, 3.63) is 77.4 Å². The molecule has 3 aromatic rings. The van der Waals surface area contributed by atoms with Gasteiger partial charge in [-0.1, -0.05) is 0 Å². The summed E-state index contributed by atoms with van der Waals surface area (Å²) in [5.74, 6) is -7.24. The van der Waals surface area contributed by atoms with Crippen molar-refractivity contribution in [3.8, 4) is 0 Å². The van der Waals surface area contributed by atoms with Crippen LogP contribution in [0.25, 0.3) is 0 Å². The minimum atomic E-state index is -1.72. The Morgan fingerprint density at radius 1 is 0.815 bits per heavy atom. The number of hydrogen-bond donors (Lipinski definition) is 2. The van der Waals surface area contributed by atoms with Crippen molar-refractivity contribution in [1.82, 2.24) is 9.97 Å². The molecule has 0 radical (unpaired) electrons. The average molecular weight is 380 g/mol. The molecule has 138 valence electrons. The Hall–Kier alpha value is -3.56. The standard InChI is InChI=1S/C17H9F5N4O/c18-9-1-3-12(11(20)5-9)26-17-23-6-8(7-24-17)16(27)25-13-4-2-10(19)14(21)15(13)22/h1-7H,(H,25,27)(H,23,24,26). The number of nitrogens with zero attached hydrogens (tertiary/aromatic N) is 2. The van der Waals surface area contributed by atoms with E-state index in [1.807, 2.05) is 0 Å². The molecule has 2 N–H and O–H groups in total. The van der Waals surface area contributed by atoms with E-state index in [1.165, 1.54) is 0 Å². The second kappa shape index (κ2) is 7.36. The lowest BCUT2D eigenvalue weighted by Gasteiger charge is -2.08. The maximum atomic E-state index is 13.6. The maximum absolute atomic E-state index is 13.6. The monoisotopic (exact) mass is 380 g/mol. The van der Waals surface area contributed by atoms with E-state index in [4.69, 9.17) is 0 Å². The maximum Gasteiger partial charge on any atom is 0.258 e. The number of carbonyl (C=O) groups excluding carboxylic acids is 1. The molecule has 27 heavy (non-hydrogen) atoms. The lowest BCUT2D eigenvalue weighted by molar-refractivity contribution is 0.102. The Labute approximate surface area is 148 Å². The van der Waals surface area contributed by atoms with E-state index in [0.717, 1.165) is 30.6 Å². The van der Waals surface area contributed by atoms with Crippen molar-refractivity contribution in [1.29, 1.82) is 0 Å². The molecule has 0 bridgehead atoms. The third kappa shape index (κ3) is 4.00. The van der Waals surface area contributed by atoms with Crippen LogP contribution in [0.5, 0.6) is 0 Å². The quantitative estimate of drug-likeness (QED) is 0.527. The Balaban J connectivity index is 1.73. The number of carbonyl (C=O) groups is 1. The van der Waals surface area contributed by atoms with Crippen molar-refractivity contribution in [2.24, 2.45) is 0 Å². The molecule has 0 aliphatic carbocycles. The summed E-state index contributed by atoms with van der Waals surface area (Å²) in [6, 6.07) is 4.36. The Kier molecular flexibility index (Phi) is 4.97. The van der Waals surface area contributed by atoms with Gasteiger partial charge in [0.25, 0.3) is 5.91 Å². The van der Waals surface area contributed by atoms with Gasteiger partial charge in [-0.25, -0.2) is 31.9 Å². The summed E-state index contributed by atoms with van der Waals surface area (Å²) in [5.41, 5.74) is -0.767. The second-order valence-electron chi connectivity index (χ2n) is 5.22. The molecule has 3 rings (SSSR count). The van der Waals surface area contributed by atoms with E-state index in [2.05, 4.69) is 20.6 Å². The number of hydrogen-bond acceptors (Lipinski definition) is 4. The zero-order valence-corrected chi connectivity index (χ0v) is 13.2. The highest BCUT2D eigenvalue weighted by Crippen LogP contribution is 2.21. The SMILES string of the molecule is O=C(Nc1ccc(F)c(F)c1F)c1cnc(Nc2ccc(F)cc2F)nc1. The molecular weight excluding hydrogens is 371 g/mol. The molecule has 5 nitrogen and oxygen atoms in total. The van der Waals surface area contributed by atoms with Crippen molar-refractivity contribution in [3.63, 3.8) is 0 Å². The van der Waals surface area contributed by atoms with Crippen LogP contribution in [0, 0.1) is 29.1 Å². The van der Waals surface area contributed by atoms with E-state index < -0.39 is 40.7 Å². The molecule has 0 unspecified atom stereocenters. The molecule has 1 heterocycles. The van der Waals surface area contributed by atoms with Crippen LogP contribution in [0.2, 0.25) is 0 Å². The summed E-state index contributed by atoms with van der Waals surface area (Å²) in [6.45, 7) is 0. The minimum Gasteiger partial charge on any atom is -0.322 e. The van der Waals surface area contributed by atoms with Gasteiger partial charge in [0.05, 0.1) is 16.9 Å². The summed E-state index contributed by atoms with van der Waals surface area (Å²) >= 11 is 0. The van der Waals surface area contributed by atoms with Crippen LogP contribution in [-0.2, 0) is 0 Å². The van der Waals surface area contributed by atoms with Gasteiger partial charge in [-0.05, 0) is 24.3 Å². The average Bonchev–Trinajstić information content (AvgIpc) is 2.65. The van der Waals surface area contributed by atoms with Crippen molar-refractivity contribution >= 4 is 23.2 Å². The van der Waals surface area contributed by atoms with Gasteiger partial charge in [0.1, 0.15) is 11.6 Å². The molecule has 0 fully saturated rings. The lowest BCUT2D eigenvalue weighted by Crippen LogP contribution is -2.15. The number of amides is 1. The molecule has 10 heteroatoms. The highest BCUT2D eigenvalue weighted by atomic mass is 19.2. The molecular formula is C17H9F5N4O. The van der Waals surface area contributed by atoms with E-state index in [0.29, 0.717) is 12.1 Å². The van der Waals surface area contributed by atoms with E-state index in [1.54, 1.807) is 0 Å². The number of nitrogens with one attached hydrogen (secondary N) is 2. The van der Waals surface area contributed by atoms with Gasteiger partial charge in [0.15, 0.2) is 17.5 Å². The summed E-state index contributed by atoms with van der Waals surface area (Å²) in [7, 11) is 0. The molecule has 0 saturated heterocycles. The van der Waals surface area contributed by atoms with Crippen LogP contribution in [0.15, 0.2) is 42.7 Å². The normalized spacial score (nSPS) is 10.6. The highest BCUT2D eigenvalue weighted by Gasteiger charge is 2.16. The van der Waals surface area contributed by atoms with E-state index in [9.17, 15) is 26.7 Å². The van der Waals surface area contributed by atoms with Crippen LogP contribution >= 0.6 is 0 Å². The topological polar surface area (TPSA) is 66.9 Å². The number of aromatic nitrogens is 2. The predicted octanol–water partition coefficient (Wildman–Crippen LogP) is 4.17. The van der Waals surface area contributed by atoms with Gasteiger partial charge in [-0.2, -0.15) is 0 Å². The molecule has 0 aliphatic rings. The summed E-state index contributed by atoms with van der Waals surface area (Å²) in [6.07, 6.45) is 2.09. The minimum absolute atomic E-state index is 0.0857. The fourth-order valence-electron chi connectivity index (χ4n) is 2.04. The van der Waals surface area contributed by atoms with Crippen molar-refractivity contribution in [2.45, 2.75) is 0 Å². The van der Waals surface area contributed by atoms with Crippen LogP contribution in [0.3, 0.4) is 0 Å². The third-order valence-corrected chi connectivity index (χ3v) is 3.38. The van der Waals surface area contributed by atoms with Crippen molar-refractivity contribution < 1.29 is 26.7 Å². The summed E-state index contributed by atoms with van der Waals surface area (Å²) < 4.78 is 66.1. The second-order valence-corrected chi connectivity index (χ2v) is 5.22. The van der Waals surface area contributed by atoms with Gasteiger partial charge in [0.2, 0.25) is 5.95 Å². The molecule has 0 aliphatic heterocycles. The zero-order chi connectivity index (χ0) is 19.6. The first-order valence-corrected chi connectivity index (χ1v) is 7.34. The fraction of sp³-hybridized carbons (Fsp3) is 0. The van der Waals surface area contributed by atoms with Crippen molar-refractivity contribution in [2.75, 3.05) is 10.6 Å². The zero-order valence-electron chi connectivity index (χ0n) is 13.2. The van der Waals surface area contributed by atoms with Crippen LogP contribution < -0.4 is 10.6 Å². The van der Waals surface area contributed by atoms with Gasteiger partial charge >= 0.3 is 0 Å². The third-order valence-electron chi connectivity index (χ3n) is 3.38. The first kappa shape index (κ1) is 18.2. The number of rotatable bonds is 4. The van der Waals surface area contributed by atoms with Gasteiger partial charge in [-0.15, -0.1) is 0 Å². The molecule has 1 amide bonds. The fourth-order valence-corrected chi connectivity index (χ4v) is 2.04. The predicted molar refractivity (Wildman–Crippen MR) is 85.9 cm³/mol. The Morgan fingerprint density at radius 2 is 1.48 bits per heavy atom. The molecule has 0 spiro atoms.